The minimum atomic E-state index is -3.44. The average molecular weight is 510 g/mol. The Hall–Kier alpha value is -3.40. The zero-order valence-electron chi connectivity index (χ0n) is 20.7. The first kappa shape index (κ1) is 24.3. The summed E-state index contributed by atoms with van der Waals surface area (Å²) < 4.78 is 31.3. The molecule has 1 saturated heterocycles. The number of rotatable bonds is 6. The zero-order valence-corrected chi connectivity index (χ0v) is 21.7. The number of aromatic nitrogens is 3. The molecular formula is C26H29F2N5O2Si. The van der Waals surface area contributed by atoms with Crippen LogP contribution in [-0.2, 0) is 5.41 Å². The number of alkyl halides is 2. The van der Waals surface area contributed by atoms with E-state index >= 15 is 0 Å². The molecule has 0 radical (unpaired) electrons. The summed E-state index contributed by atoms with van der Waals surface area (Å²) in [7, 11) is -2.02. The molecule has 36 heavy (non-hydrogen) atoms. The van der Waals surface area contributed by atoms with E-state index in [4.69, 9.17) is 5.73 Å². The minimum Gasteiger partial charge on any atom is -0.364 e. The maximum Gasteiger partial charge on any atom is 0.267 e. The number of nitrogens with zero attached hydrogens (tertiary/aromatic N) is 3. The van der Waals surface area contributed by atoms with Crippen LogP contribution in [0.3, 0.4) is 0 Å². The molecule has 5 rings (SSSR count). The van der Waals surface area contributed by atoms with Crippen LogP contribution in [0.4, 0.5) is 13.6 Å². The van der Waals surface area contributed by atoms with Gasteiger partial charge in [0.15, 0.2) is 11.3 Å². The first-order chi connectivity index (χ1) is 17.0. The maximum atomic E-state index is 14.8. The third-order valence-electron chi connectivity index (χ3n) is 8.30. The van der Waals surface area contributed by atoms with Crippen LogP contribution >= 0.6 is 0 Å². The molecule has 1 aliphatic carbocycles. The Morgan fingerprint density at radius 3 is 2.53 bits per heavy atom. The van der Waals surface area contributed by atoms with Gasteiger partial charge in [-0.25, -0.2) is 18.4 Å². The number of carbonyl (C=O) groups excluding carboxylic acids is 2. The van der Waals surface area contributed by atoms with Crippen LogP contribution in [0.15, 0.2) is 48.7 Å². The fourth-order valence-corrected chi connectivity index (χ4v) is 10.0. The van der Waals surface area contributed by atoms with E-state index in [0.717, 1.165) is 29.7 Å². The summed E-state index contributed by atoms with van der Waals surface area (Å²) in [6.07, 6.45) is 3.48. The highest BCUT2D eigenvalue weighted by atomic mass is 28.3. The molecule has 188 valence electrons. The summed E-state index contributed by atoms with van der Waals surface area (Å²) in [6, 6.07) is 12.5. The summed E-state index contributed by atoms with van der Waals surface area (Å²) in [5, 5.41) is 7.05. The van der Waals surface area contributed by atoms with E-state index in [2.05, 4.69) is 29.2 Å². The summed E-state index contributed by atoms with van der Waals surface area (Å²) in [6.45, 7) is 5.70. The van der Waals surface area contributed by atoms with E-state index in [1.54, 1.807) is 35.0 Å². The SMILES string of the molecule is CC[C@]1(c2ccc([C@H]3C(F)(F)[Si@]3(C)C(=O)NC)cc2)CC(C)c2c1cnn2-c1cccc(C(N)=O)n1. The fraction of sp³-hybridized carbons (Fsp3) is 0.385. The van der Waals surface area contributed by atoms with Gasteiger partial charge in [-0.05, 0) is 36.1 Å². The van der Waals surface area contributed by atoms with Gasteiger partial charge in [0.2, 0.25) is 5.55 Å². The van der Waals surface area contributed by atoms with Crippen LogP contribution in [-0.4, -0.2) is 46.9 Å². The molecule has 0 saturated carbocycles. The van der Waals surface area contributed by atoms with E-state index < -0.39 is 30.6 Å². The number of nitrogens with two attached hydrogens (primary N) is 1. The molecule has 2 aromatic heterocycles. The van der Waals surface area contributed by atoms with E-state index in [9.17, 15) is 18.4 Å². The Morgan fingerprint density at radius 1 is 1.22 bits per heavy atom. The molecule has 0 spiro atoms. The van der Waals surface area contributed by atoms with Gasteiger partial charge in [-0.2, -0.15) is 5.10 Å². The fourth-order valence-electron chi connectivity index (χ4n) is 6.21. The van der Waals surface area contributed by atoms with E-state index in [0.29, 0.717) is 11.4 Å². The first-order valence-corrected chi connectivity index (χ1v) is 14.7. The Bertz CT molecular complexity index is 1370. The smallest absolute Gasteiger partial charge is 0.267 e. The van der Waals surface area contributed by atoms with E-state index in [1.165, 1.54) is 13.6 Å². The molecule has 3 N–H and O–H groups in total. The van der Waals surface area contributed by atoms with Crippen LogP contribution in [0.2, 0.25) is 6.55 Å². The number of amides is 2. The molecule has 4 atom stereocenters. The molecule has 2 aliphatic rings. The normalized spacial score (nSPS) is 27.9. The van der Waals surface area contributed by atoms with E-state index in [-0.39, 0.29) is 17.0 Å². The lowest BCUT2D eigenvalue weighted by molar-refractivity contribution is 0.0995. The number of primary amides is 1. The molecule has 1 fully saturated rings. The molecule has 1 unspecified atom stereocenters. The van der Waals surface area contributed by atoms with Gasteiger partial charge < -0.3 is 11.1 Å². The lowest BCUT2D eigenvalue weighted by Crippen LogP contribution is -2.40. The molecular weight excluding hydrogens is 480 g/mol. The van der Waals surface area contributed by atoms with Gasteiger partial charge in [0.25, 0.3) is 14.0 Å². The number of halogens is 2. The topological polar surface area (TPSA) is 103 Å². The Kier molecular flexibility index (Phi) is 5.44. The van der Waals surface area contributed by atoms with Crippen LogP contribution < -0.4 is 11.1 Å². The second-order valence-electron chi connectivity index (χ2n) is 10.1. The molecule has 0 bridgehead atoms. The Morgan fingerprint density at radius 2 is 1.92 bits per heavy atom. The monoisotopic (exact) mass is 509 g/mol. The molecule has 3 heterocycles. The van der Waals surface area contributed by atoms with Gasteiger partial charge in [-0.3, -0.25) is 9.59 Å². The number of nitrogens with one attached hydrogen (secondary N) is 1. The van der Waals surface area contributed by atoms with Crippen molar-refractivity contribution >= 4 is 19.5 Å². The number of hydrogen-bond acceptors (Lipinski definition) is 4. The van der Waals surface area contributed by atoms with Crippen molar-refractivity contribution in [2.45, 2.75) is 55.7 Å². The largest absolute Gasteiger partial charge is 0.364 e. The van der Waals surface area contributed by atoms with Gasteiger partial charge in [0.05, 0.1) is 17.4 Å². The second kappa shape index (κ2) is 8.06. The van der Waals surface area contributed by atoms with Crippen molar-refractivity contribution < 1.29 is 18.4 Å². The summed E-state index contributed by atoms with van der Waals surface area (Å²) >= 11 is 0. The summed E-state index contributed by atoms with van der Waals surface area (Å²) in [4.78, 5) is 28.3. The highest BCUT2D eigenvalue weighted by Gasteiger charge is 2.84. The van der Waals surface area contributed by atoms with Crippen molar-refractivity contribution in [2.75, 3.05) is 7.05 Å². The molecule has 1 aromatic carbocycles. The van der Waals surface area contributed by atoms with Crippen molar-refractivity contribution in [3.05, 3.63) is 76.7 Å². The standard InChI is InChI=1S/C26H29F2N5O2Si/c1-5-25(17-11-9-16(10-12-17)22-26(27,28)36(22,4)24(35)30-3)13-15(2)21-18(25)14-31-33(21)20-8-6-7-19(32-20)23(29)34/h6-12,14-15,22H,5,13H2,1-4H3,(H2,29,34)(H,30,35)/t15?,22-,25+,36-/m0/s1. The van der Waals surface area contributed by atoms with E-state index in [1.807, 2.05) is 18.3 Å². The van der Waals surface area contributed by atoms with Crippen molar-refractivity contribution in [1.29, 1.82) is 0 Å². The van der Waals surface area contributed by atoms with Crippen molar-refractivity contribution in [3.63, 3.8) is 0 Å². The minimum absolute atomic E-state index is 0.151. The van der Waals surface area contributed by atoms with Gasteiger partial charge in [-0.15, -0.1) is 0 Å². The van der Waals surface area contributed by atoms with Crippen molar-refractivity contribution in [2.24, 2.45) is 5.73 Å². The maximum absolute atomic E-state index is 14.8. The number of benzene rings is 1. The molecule has 10 heteroatoms. The first-order valence-electron chi connectivity index (χ1n) is 12.1. The summed E-state index contributed by atoms with van der Waals surface area (Å²) in [5.41, 5.74) is 4.40. The average Bonchev–Trinajstić information content (AvgIpc) is 3.20. The van der Waals surface area contributed by atoms with Crippen LogP contribution in [0.1, 0.15) is 71.0 Å². The second-order valence-corrected chi connectivity index (χ2v) is 14.2. The third kappa shape index (κ3) is 3.13. The van der Waals surface area contributed by atoms with Crippen LogP contribution in [0.5, 0.6) is 0 Å². The predicted octanol–water partition coefficient (Wildman–Crippen LogP) is 4.38. The Labute approximate surface area is 209 Å². The van der Waals surface area contributed by atoms with Crippen LogP contribution in [0, 0.1) is 0 Å². The van der Waals surface area contributed by atoms with Crippen molar-refractivity contribution in [3.8, 4) is 5.82 Å². The molecule has 7 nitrogen and oxygen atoms in total. The third-order valence-corrected chi connectivity index (χ3v) is 12.7. The lowest BCUT2D eigenvalue weighted by Gasteiger charge is -2.29. The summed E-state index contributed by atoms with van der Waals surface area (Å²) in [5.74, 6) is 0.0717. The lowest BCUT2D eigenvalue weighted by atomic mass is 9.73. The number of pyridine rings is 1. The van der Waals surface area contributed by atoms with Gasteiger partial charge in [-0.1, -0.05) is 50.7 Å². The number of carbonyl (C=O) groups is 2. The quantitative estimate of drug-likeness (QED) is 0.481. The molecule has 2 amide bonds. The molecule has 1 aliphatic heterocycles. The van der Waals surface area contributed by atoms with Gasteiger partial charge in [0.1, 0.15) is 5.69 Å². The van der Waals surface area contributed by atoms with Crippen LogP contribution in [0.25, 0.3) is 5.82 Å². The predicted molar refractivity (Wildman–Crippen MR) is 134 cm³/mol. The number of fused-ring (bicyclic) bond motifs is 1. The highest BCUT2D eigenvalue weighted by molar-refractivity contribution is 7.15. The molecule has 3 aromatic rings. The highest BCUT2D eigenvalue weighted by Crippen LogP contribution is 2.63. The zero-order chi connectivity index (χ0) is 26.0. The van der Waals surface area contributed by atoms with Crippen molar-refractivity contribution in [1.82, 2.24) is 20.1 Å². The van der Waals surface area contributed by atoms with Gasteiger partial charge in [0, 0.05) is 23.9 Å². The van der Waals surface area contributed by atoms with Gasteiger partial charge >= 0.3 is 0 Å². The number of hydrogen-bond donors (Lipinski definition) is 2. The Balaban J connectivity index is 1.52.